The van der Waals surface area contributed by atoms with E-state index in [2.05, 4.69) is 34.1 Å². The molecular formula is C23H27N3O2. The van der Waals surface area contributed by atoms with E-state index in [-0.39, 0.29) is 11.7 Å². The van der Waals surface area contributed by atoms with Crippen molar-refractivity contribution in [2.75, 3.05) is 49.6 Å². The van der Waals surface area contributed by atoms with Crippen molar-refractivity contribution in [3.05, 3.63) is 59.7 Å². The average Bonchev–Trinajstić information content (AvgIpc) is 2.75. The Kier molecular flexibility index (Phi) is 5.44. The quantitative estimate of drug-likeness (QED) is 0.752. The number of piperazine rings is 1. The molecule has 1 fully saturated rings. The summed E-state index contributed by atoms with van der Waals surface area (Å²) < 4.78 is 0. The van der Waals surface area contributed by atoms with Crippen molar-refractivity contribution in [3.8, 4) is 0 Å². The zero-order chi connectivity index (χ0) is 19.5. The van der Waals surface area contributed by atoms with Crippen LogP contribution in [0, 0.1) is 0 Å². The molecule has 2 aromatic carbocycles. The molecule has 0 bridgehead atoms. The molecule has 5 nitrogen and oxygen atoms in total. The number of benzene rings is 2. The molecule has 4 rings (SSSR count). The van der Waals surface area contributed by atoms with Crippen molar-refractivity contribution >= 4 is 23.1 Å². The van der Waals surface area contributed by atoms with Crippen LogP contribution in [0.4, 0.5) is 11.4 Å². The van der Waals surface area contributed by atoms with Gasteiger partial charge in [-0.25, -0.2) is 0 Å². The van der Waals surface area contributed by atoms with Gasteiger partial charge in [-0.3, -0.25) is 14.5 Å². The Labute approximate surface area is 166 Å². The predicted molar refractivity (Wildman–Crippen MR) is 112 cm³/mol. The summed E-state index contributed by atoms with van der Waals surface area (Å²) in [5.74, 6) is 0.328. The number of ketones is 1. The van der Waals surface area contributed by atoms with E-state index < -0.39 is 0 Å². The first-order chi connectivity index (χ1) is 13.6. The number of rotatable bonds is 5. The molecule has 2 aliphatic heterocycles. The molecule has 2 aliphatic rings. The third-order valence-electron chi connectivity index (χ3n) is 5.89. The van der Waals surface area contributed by atoms with Gasteiger partial charge in [0.1, 0.15) is 0 Å². The fourth-order valence-corrected chi connectivity index (χ4v) is 4.10. The van der Waals surface area contributed by atoms with Crippen LogP contribution in [0.25, 0.3) is 0 Å². The van der Waals surface area contributed by atoms with Gasteiger partial charge in [-0.1, -0.05) is 18.2 Å². The molecule has 146 valence electrons. The van der Waals surface area contributed by atoms with Crippen LogP contribution in [-0.2, 0) is 11.2 Å². The molecule has 0 radical (unpaired) electrons. The van der Waals surface area contributed by atoms with Crippen molar-refractivity contribution in [2.45, 2.75) is 19.3 Å². The zero-order valence-electron chi connectivity index (χ0n) is 16.4. The van der Waals surface area contributed by atoms with Crippen molar-refractivity contribution in [1.29, 1.82) is 0 Å². The van der Waals surface area contributed by atoms with Gasteiger partial charge in [0.25, 0.3) is 0 Å². The number of para-hydroxylation sites is 1. The number of hydrogen-bond acceptors (Lipinski definition) is 4. The lowest BCUT2D eigenvalue weighted by Gasteiger charge is -2.36. The van der Waals surface area contributed by atoms with E-state index in [4.69, 9.17) is 0 Å². The minimum absolute atomic E-state index is 0.140. The first-order valence-corrected chi connectivity index (χ1v) is 10.1. The predicted octanol–water partition coefficient (Wildman–Crippen LogP) is 2.99. The summed E-state index contributed by atoms with van der Waals surface area (Å²) in [4.78, 5) is 31.0. The normalized spacial score (nSPS) is 17.5. The zero-order valence-corrected chi connectivity index (χ0v) is 16.4. The fourth-order valence-electron chi connectivity index (χ4n) is 4.10. The molecule has 0 saturated carbocycles. The molecular weight excluding hydrogens is 350 g/mol. The molecule has 1 amide bonds. The summed E-state index contributed by atoms with van der Waals surface area (Å²) in [6.45, 7) is 4.77. The second kappa shape index (κ2) is 8.15. The van der Waals surface area contributed by atoms with Gasteiger partial charge >= 0.3 is 0 Å². The molecule has 0 N–H and O–H groups in total. The smallest absolute Gasteiger partial charge is 0.227 e. The van der Waals surface area contributed by atoms with Gasteiger partial charge in [0, 0.05) is 69.6 Å². The summed E-state index contributed by atoms with van der Waals surface area (Å²) in [6, 6.07) is 16.3. The van der Waals surface area contributed by atoms with Crippen molar-refractivity contribution < 1.29 is 9.59 Å². The standard InChI is InChI=1S/C23H27N3O2/c1-24-21-9-7-19(17-18(21)8-10-23(24)28)22(27)11-12-25-13-15-26(16-14-25)20-5-3-2-4-6-20/h2-7,9,17H,8,10-16H2,1H3. The average molecular weight is 377 g/mol. The largest absolute Gasteiger partial charge is 0.369 e. The molecule has 0 aromatic heterocycles. The van der Waals surface area contributed by atoms with Gasteiger partial charge < -0.3 is 9.80 Å². The lowest BCUT2D eigenvalue weighted by molar-refractivity contribution is -0.118. The highest BCUT2D eigenvalue weighted by Crippen LogP contribution is 2.28. The summed E-state index contributed by atoms with van der Waals surface area (Å²) >= 11 is 0. The number of Topliss-reactive ketones (excluding diaryl/α,β-unsaturated/α-hetero) is 1. The van der Waals surface area contributed by atoms with Gasteiger partial charge in [-0.15, -0.1) is 0 Å². The summed E-state index contributed by atoms with van der Waals surface area (Å²) in [6.07, 6.45) is 1.78. The van der Waals surface area contributed by atoms with Crippen LogP contribution < -0.4 is 9.80 Å². The first-order valence-electron chi connectivity index (χ1n) is 10.1. The molecule has 0 aliphatic carbocycles. The maximum atomic E-state index is 12.7. The van der Waals surface area contributed by atoms with Crippen LogP contribution in [0.2, 0.25) is 0 Å². The molecule has 0 spiro atoms. The molecule has 2 aromatic rings. The van der Waals surface area contributed by atoms with E-state index in [1.54, 1.807) is 11.9 Å². The minimum atomic E-state index is 0.140. The Balaban J connectivity index is 1.30. The molecule has 0 atom stereocenters. The van der Waals surface area contributed by atoms with Crippen molar-refractivity contribution in [3.63, 3.8) is 0 Å². The maximum Gasteiger partial charge on any atom is 0.227 e. The van der Waals surface area contributed by atoms with E-state index >= 15 is 0 Å². The molecule has 0 unspecified atom stereocenters. The van der Waals surface area contributed by atoms with Crippen LogP contribution in [-0.4, -0.2) is 56.4 Å². The highest BCUT2D eigenvalue weighted by atomic mass is 16.2. The lowest BCUT2D eigenvalue weighted by atomic mass is 9.97. The highest BCUT2D eigenvalue weighted by molar-refractivity contribution is 5.99. The molecule has 28 heavy (non-hydrogen) atoms. The summed E-state index contributed by atoms with van der Waals surface area (Å²) in [7, 11) is 1.80. The maximum absolute atomic E-state index is 12.7. The summed E-state index contributed by atoms with van der Waals surface area (Å²) in [5.41, 5.74) is 4.08. The van der Waals surface area contributed by atoms with Gasteiger partial charge in [-0.05, 0) is 42.3 Å². The fraction of sp³-hybridized carbons (Fsp3) is 0.391. The number of fused-ring (bicyclic) bond motifs is 1. The number of nitrogens with zero attached hydrogens (tertiary/aromatic N) is 3. The van der Waals surface area contributed by atoms with Crippen LogP contribution in [0.5, 0.6) is 0 Å². The Morgan fingerprint density at radius 1 is 0.964 bits per heavy atom. The Morgan fingerprint density at radius 3 is 2.46 bits per heavy atom. The van der Waals surface area contributed by atoms with E-state index in [0.717, 1.165) is 56.0 Å². The van der Waals surface area contributed by atoms with Gasteiger partial charge in [0.15, 0.2) is 5.78 Å². The second-order valence-corrected chi connectivity index (χ2v) is 7.63. The Morgan fingerprint density at radius 2 is 1.71 bits per heavy atom. The van der Waals surface area contributed by atoms with E-state index in [0.29, 0.717) is 12.8 Å². The highest BCUT2D eigenvalue weighted by Gasteiger charge is 2.22. The minimum Gasteiger partial charge on any atom is -0.369 e. The van der Waals surface area contributed by atoms with Gasteiger partial charge in [0.2, 0.25) is 5.91 Å². The number of amides is 1. The van der Waals surface area contributed by atoms with Crippen LogP contribution in [0.1, 0.15) is 28.8 Å². The van der Waals surface area contributed by atoms with Crippen molar-refractivity contribution in [2.24, 2.45) is 0 Å². The topological polar surface area (TPSA) is 43.9 Å². The molecule has 2 heterocycles. The first kappa shape index (κ1) is 18.7. The third kappa shape index (κ3) is 3.94. The number of carbonyl (C=O) groups excluding carboxylic acids is 2. The summed E-state index contributed by atoms with van der Waals surface area (Å²) in [5, 5.41) is 0. The van der Waals surface area contributed by atoms with Crippen molar-refractivity contribution in [1.82, 2.24) is 4.90 Å². The van der Waals surface area contributed by atoms with Crippen LogP contribution in [0.15, 0.2) is 48.5 Å². The number of aryl methyl sites for hydroxylation is 1. The Hall–Kier alpha value is -2.66. The number of anilines is 2. The lowest BCUT2D eigenvalue weighted by Crippen LogP contribution is -2.46. The molecule has 1 saturated heterocycles. The number of carbonyl (C=O) groups is 2. The van der Waals surface area contributed by atoms with Gasteiger partial charge in [0.05, 0.1) is 0 Å². The van der Waals surface area contributed by atoms with E-state index in [1.165, 1.54) is 5.69 Å². The second-order valence-electron chi connectivity index (χ2n) is 7.63. The van der Waals surface area contributed by atoms with Gasteiger partial charge in [-0.2, -0.15) is 0 Å². The van der Waals surface area contributed by atoms with Crippen LogP contribution >= 0.6 is 0 Å². The number of hydrogen-bond donors (Lipinski definition) is 0. The SMILES string of the molecule is CN1C(=O)CCc2cc(C(=O)CCN3CCN(c4ccccc4)CC3)ccc21. The van der Waals surface area contributed by atoms with E-state index in [9.17, 15) is 9.59 Å². The molecule has 5 heteroatoms. The Bertz CT molecular complexity index is 857. The monoisotopic (exact) mass is 377 g/mol. The van der Waals surface area contributed by atoms with E-state index in [1.807, 2.05) is 24.3 Å². The third-order valence-corrected chi connectivity index (χ3v) is 5.89. The van der Waals surface area contributed by atoms with Crippen LogP contribution in [0.3, 0.4) is 0 Å².